The van der Waals surface area contributed by atoms with Crippen molar-refractivity contribution in [3.05, 3.63) is 77.5 Å². The van der Waals surface area contributed by atoms with Crippen molar-refractivity contribution in [2.45, 2.75) is 58.4 Å². The average molecular weight is 504 g/mol. The highest BCUT2D eigenvalue weighted by atomic mass is 19.1. The average Bonchev–Trinajstić information content (AvgIpc) is 3.35. The van der Waals surface area contributed by atoms with Gasteiger partial charge in [-0.15, -0.1) is 5.10 Å². The van der Waals surface area contributed by atoms with Crippen molar-refractivity contribution < 1.29 is 8.78 Å². The molecule has 0 saturated heterocycles. The molecule has 0 radical (unpaired) electrons. The van der Waals surface area contributed by atoms with Gasteiger partial charge in [0.2, 0.25) is 0 Å². The van der Waals surface area contributed by atoms with Gasteiger partial charge in [-0.3, -0.25) is 4.68 Å². The fourth-order valence-electron chi connectivity index (χ4n) is 5.53. The van der Waals surface area contributed by atoms with E-state index in [9.17, 15) is 8.78 Å². The molecular formula is C28H31F2N7. The maximum atomic E-state index is 14.5. The van der Waals surface area contributed by atoms with Crippen LogP contribution in [-0.2, 0) is 12.0 Å². The van der Waals surface area contributed by atoms with Gasteiger partial charge in [0.1, 0.15) is 11.6 Å². The largest absolute Gasteiger partial charge is 0.330 e. The van der Waals surface area contributed by atoms with Gasteiger partial charge in [0, 0.05) is 18.9 Å². The van der Waals surface area contributed by atoms with Crippen LogP contribution >= 0.6 is 0 Å². The molecule has 0 spiro atoms. The maximum Gasteiger partial charge on any atom is 0.162 e. The third-order valence-electron chi connectivity index (χ3n) is 7.87. The summed E-state index contributed by atoms with van der Waals surface area (Å²) in [4.78, 5) is 9.50. The van der Waals surface area contributed by atoms with Crippen LogP contribution in [0.25, 0.3) is 22.6 Å². The van der Waals surface area contributed by atoms with Crippen molar-refractivity contribution in [3.8, 4) is 22.6 Å². The van der Waals surface area contributed by atoms with E-state index >= 15 is 0 Å². The van der Waals surface area contributed by atoms with E-state index in [-0.39, 0.29) is 22.6 Å². The molecule has 9 heteroatoms. The second kappa shape index (κ2) is 9.37. The highest BCUT2D eigenvalue weighted by Crippen LogP contribution is 2.56. The van der Waals surface area contributed by atoms with Crippen molar-refractivity contribution in [2.75, 3.05) is 6.54 Å². The van der Waals surface area contributed by atoms with Crippen LogP contribution in [0.4, 0.5) is 8.78 Å². The molecule has 3 heterocycles. The second-order valence-electron chi connectivity index (χ2n) is 10.6. The van der Waals surface area contributed by atoms with Crippen molar-refractivity contribution in [1.29, 1.82) is 0 Å². The molecule has 37 heavy (non-hydrogen) atoms. The number of hydrogen-bond acceptors (Lipinski definition) is 6. The fourth-order valence-corrected chi connectivity index (χ4v) is 5.53. The van der Waals surface area contributed by atoms with Gasteiger partial charge in [0.05, 0.1) is 39.8 Å². The van der Waals surface area contributed by atoms with Gasteiger partial charge < -0.3 is 5.73 Å². The van der Waals surface area contributed by atoms with E-state index in [1.165, 1.54) is 18.2 Å². The third kappa shape index (κ3) is 4.21. The first-order chi connectivity index (χ1) is 17.7. The number of aryl methyl sites for hydroxylation is 1. The Bertz CT molecular complexity index is 1430. The van der Waals surface area contributed by atoms with Gasteiger partial charge in [-0.1, -0.05) is 26.8 Å². The lowest BCUT2D eigenvalue weighted by atomic mass is 9.54. The van der Waals surface area contributed by atoms with Crippen LogP contribution in [0.3, 0.4) is 0 Å². The van der Waals surface area contributed by atoms with Crippen molar-refractivity contribution in [2.24, 2.45) is 11.1 Å². The second-order valence-corrected chi connectivity index (χ2v) is 10.6. The zero-order valence-corrected chi connectivity index (χ0v) is 21.5. The Morgan fingerprint density at radius 2 is 1.86 bits per heavy atom. The van der Waals surface area contributed by atoms with Crippen LogP contribution in [0.15, 0.2) is 48.9 Å². The van der Waals surface area contributed by atoms with Gasteiger partial charge in [-0.2, -0.15) is 10.2 Å². The Labute approximate surface area is 215 Å². The number of fused-ring (bicyclic) bond motifs is 1. The Hall–Kier alpha value is -3.59. The highest BCUT2D eigenvalue weighted by molar-refractivity contribution is 5.62. The number of nitrogens with zero attached hydrogens (tertiary/aromatic N) is 6. The first kappa shape index (κ1) is 25.1. The molecule has 3 aromatic heterocycles. The number of halogens is 2. The summed E-state index contributed by atoms with van der Waals surface area (Å²) in [6, 6.07) is 7.51. The Morgan fingerprint density at radius 3 is 2.59 bits per heavy atom. The third-order valence-corrected chi connectivity index (χ3v) is 7.87. The van der Waals surface area contributed by atoms with Gasteiger partial charge in [-0.05, 0) is 67.5 Å². The zero-order chi connectivity index (χ0) is 26.4. The minimum absolute atomic E-state index is 0.115. The smallest absolute Gasteiger partial charge is 0.162 e. The summed E-state index contributed by atoms with van der Waals surface area (Å²) in [5.41, 5.74) is 8.11. The van der Waals surface area contributed by atoms with Crippen molar-refractivity contribution in [1.82, 2.24) is 29.9 Å². The molecule has 1 aliphatic rings. The lowest BCUT2D eigenvalue weighted by Gasteiger charge is -2.49. The summed E-state index contributed by atoms with van der Waals surface area (Å²) < 4.78 is 30.9. The van der Waals surface area contributed by atoms with Crippen molar-refractivity contribution in [3.63, 3.8) is 0 Å². The van der Waals surface area contributed by atoms with Crippen LogP contribution in [0.1, 0.15) is 63.4 Å². The highest BCUT2D eigenvalue weighted by Gasteiger charge is 2.52. The molecule has 2 N–H and O–H groups in total. The molecule has 1 aliphatic carbocycles. The first-order valence-electron chi connectivity index (χ1n) is 12.5. The quantitative estimate of drug-likeness (QED) is 0.385. The number of benzene rings is 1. The van der Waals surface area contributed by atoms with Crippen LogP contribution < -0.4 is 5.73 Å². The molecule has 0 unspecified atom stereocenters. The van der Waals surface area contributed by atoms with Crippen molar-refractivity contribution >= 4 is 0 Å². The molecule has 0 amide bonds. The number of rotatable bonds is 6. The lowest BCUT2D eigenvalue weighted by Crippen LogP contribution is -2.47. The van der Waals surface area contributed by atoms with E-state index in [1.807, 2.05) is 16.9 Å². The Morgan fingerprint density at radius 1 is 1.11 bits per heavy atom. The normalized spacial score (nSPS) is 20.6. The molecule has 2 atom stereocenters. The number of nitrogens with two attached hydrogens (primary N) is 1. The lowest BCUT2D eigenvalue weighted by molar-refractivity contribution is 0.158. The van der Waals surface area contributed by atoms with E-state index in [2.05, 4.69) is 48.0 Å². The summed E-state index contributed by atoms with van der Waals surface area (Å²) in [7, 11) is 0. The van der Waals surface area contributed by atoms with Crippen LogP contribution in [-0.4, -0.2) is 36.5 Å². The molecule has 1 aromatic carbocycles. The summed E-state index contributed by atoms with van der Waals surface area (Å²) in [6.07, 6.45) is 7.10. The van der Waals surface area contributed by atoms with Crippen LogP contribution in [0, 0.1) is 17.0 Å². The molecule has 7 nitrogen and oxygen atoms in total. The van der Waals surface area contributed by atoms with Gasteiger partial charge in [0.25, 0.3) is 0 Å². The number of aromatic nitrogens is 6. The summed E-state index contributed by atoms with van der Waals surface area (Å²) in [5, 5.41) is 13.4. The van der Waals surface area contributed by atoms with Gasteiger partial charge in [-0.25, -0.2) is 18.7 Å². The monoisotopic (exact) mass is 503 g/mol. The molecule has 0 aliphatic heterocycles. The number of hydrogen-bond donors (Lipinski definition) is 1. The molecule has 0 fully saturated rings. The SMILES string of the molecule is C[C@@H]1CC(C)(C)[C@@](C)(c2ccnc(-c3cnn(CCCN)c3)n2)c2nnc(-c3c(F)cccc3F)cc21. The maximum absolute atomic E-state index is 14.5. The molecular weight excluding hydrogens is 472 g/mol. The summed E-state index contributed by atoms with van der Waals surface area (Å²) in [5.74, 6) is -0.627. The predicted octanol–water partition coefficient (Wildman–Crippen LogP) is 5.26. The zero-order valence-electron chi connectivity index (χ0n) is 21.5. The summed E-state index contributed by atoms with van der Waals surface area (Å²) in [6.45, 7) is 9.96. The van der Waals surface area contributed by atoms with Gasteiger partial charge in [0.15, 0.2) is 5.82 Å². The molecule has 0 bridgehead atoms. The van der Waals surface area contributed by atoms with E-state index in [0.717, 1.165) is 41.9 Å². The van der Waals surface area contributed by atoms with Crippen LogP contribution in [0.5, 0.6) is 0 Å². The minimum Gasteiger partial charge on any atom is -0.330 e. The molecule has 5 rings (SSSR count). The van der Waals surface area contributed by atoms with E-state index in [1.54, 1.807) is 18.5 Å². The fraction of sp³-hybridized carbons (Fsp3) is 0.393. The van der Waals surface area contributed by atoms with E-state index in [4.69, 9.17) is 10.7 Å². The Balaban J connectivity index is 1.62. The molecule has 192 valence electrons. The van der Waals surface area contributed by atoms with E-state index < -0.39 is 17.0 Å². The molecule has 0 saturated carbocycles. The summed E-state index contributed by atoms with van der Waals surface area (Å²) >= 11 is 0. The topological polar surface area (TPSA) is 95.4 Å². The van der Waals surface area contributed by atoms with Crippen LogP contribution in [0.2, 0.25) is 0 Å². The standard InChI is InChI=1S/C28H31F2N7/c1-17-14-27(2,3)28(4,23-9-11-32-26(34-23)18-15-33-37(16-18)12-6-10-31)25-19(17)13-22(35-36-25)24-20(29)7-5-8-21(24)30/h5,7-9,11,13,15-17H,6,10,12,14,31H2,1-4H3/t17-,28+/m1/s1. The van der Waals surface area contributed by atoms with Gasteiger partial charge >= 0.3 is 0 Å². The first-order valence-corrected chi connectivity index (χ1v) is 12.5. The predicted molar refractivity (Wildman–Crippen MR) is 138 cm³/mol. The minimum atomic E-state index is -0.659. The molecule has 4 aromatic rings. The van der Waals surface area contributed by atoms with E-state index in [0.29, 0.717) is 12.4 Å². The Kier molecular flexibility index (Phi) is 6.35.